The van der Waals surface area contributed by atoms with Gasteiger partial charge in [0.25, 0.3) is 5.91 Å². The quantitative estimate of drug-likeness (QED) is 0.380. The van der Waals surface area contributed by atoms with Gasteiger partial charge in [0, 0.05) is 18.3 Å². The Morgan fingerprint density at radius 3 is 2.08 bits per heavy atom. The second kappa shape index (κ2) is 11.0. The second-order valence-corrected chi connectivity index (χ2v) is 8.81. The van der Waals surface area contributed by atoms with Gasteiger partial charge < -0.3 is 15.4 Å². The molecule has 3 aromatic carbocycles. The van der Waals surface area contributed by atoms with Crippen molar-refractivity contribution in [3.8, 4) is 0 Å². The Morgan fingerprint density at radius 2 is 1.49 bits per heavy atom. The number of amides is 1. The van der Waals surface area contributed by atoms with E-state index in [2.05, 4.69) is 15.6 Å². The minimum absolute atomic E-state index is 0.172. The minimum atomic E-state index is -0.565. The highest BCUT2D eigenvalue weighted by Gasteiger charge is 2.34. The lowest BCUT2D eigenvalue weighted by molar-refractivity contribution is -0.149. The van der Waals surface area contributed by atoms with E-state index in [-0.39, 0.29) is 23.7 Å². The molecule has 8 heteroatoms. The predicted octanol–water partition coefficient (Wildman–Crippen LogP) is 3.73. The highest BCUT2D eigenvalue weighted by atomic mass is 16.5. The van der Waals surface area contributed by atoms with Crippen molar-refractivity contribution in [2.75, 3.05) is 11.9 Å². The number of nitrogens with zero attached hydrogens (tertiary/aromatic N) is 2. The number of rotatable bonds is 7. The number of carbonyl (C=O) groups is 2. The molecule has 1 aliphatic rings. The molecule has 1 amide bonds. The van der Waals surface area contributed by atoms with E-state index in [0.29, 0.717) is 18.5 Å². The van der Waals surface area contributed by atoms with Gasteiger partial charge in [-0.25, -0.2) is 4.79 Å². The predicted molar refractivity (Wildman–Crippen MR) is 139 cm³/mol. The van der Waals surface area contributed by atoms with Gasteiger partial charge in [-0.1, -0.05) is 78.9 Å². The molecule has 1 aromatic heterocycles. The molecule has 0 aliphatic carbocycles. The fourth-order valence-electron chi connectivity index (χ4n) is 4.43. The van der Waals surface area contributed by atoms with Crippen molar-refractivity contribution < 1.29 is 14.3 Å². The second-order valence-electron chi connectivity index (χ2n) is 8.81. The fraction of sp³-hybridized carbons (Fsp3) is 0.172. The van der Waals surface area contributed by atoms with Crippen molar-refractivity contribution in [1.29, 1.82) is 0 Å². The molecule has 0 unspecified atom stereocenters. The minimum Gasteiger partial charge on any atom is -0.451 e. The van der Waals surface area contributed by atoms with Gasteiger partial charge >= 0.3 is 11.7 Å². The molecule has 2 N–H and O–H groups in total. The summed E-state index contributed by atoms with van der Waals surface area (Å²) >= 11 is 0. The van der Waals surface area contributed by atoms with E-state index >= 15 is 0 Å². The van der Waals surface area contributed by atoms with Gasteiger partial charge in [0.2, 0.25) is 0 Å². The molecule has 0 bridgehead atoms. The average Bonchev–Trinajstić information content (AvgIpc) is 3.43. The van der Waals surface area contributed by atoms with E-state index in [9.17, 15) is 14.4 Å². The van der Waals surface area contributed by atoms with Crippen LogP contribution in [-0.2, 0) is 9.53 Å². The van der Waals surface area contributed by atoms with E-state index in [1.165, 1.54) is 4.57 Å². The maximum atomic E-state index is 13.1. The molecule has 2 heterocycles. The normalized spacial score (nSPS) is 16.9. The molecule has 1 fully saturated rings. The van der Waals surface area contributed by atoms with E-state index < -0.39 is 17.8 Å². The smallest absolute Gasteiger partial charge is 0.349 e. The lowest BCUT2D eigenvalue weighted by atomic mass is 10.0. The van der Waals surface area contributed by atoms with Crippen molar-refractivity contribution in [2.45, 2.75) is 24.6 Å². The van der Waals surface area contributed by atoms with Crippen molar-refractivity contribution >= 4 is 17.7 Å². The molecule has 4 aromatic rings. The summed E-state index contributed by atoms with van der Waals surface area (Å²) in [4.78, 5) is 42.2. The van der Waals surface area contributed by atoms with Gasteiger partial charge in [-0.3, -0.25) is 14.2 Å². The van der Waals surface area contributed by atoms with E-state index in [0.717, 1.165) is 11.1 Å². The van der Waals surface area contributed by atoms with Crippen LogP contribution in [0.2, 0.25) is 0 Å². The number of esters is 1. The first-order chi connectivity index (χ1) is 18.1. The van der Waals surface area contributed by atoms with Crippen LogP contribution in [0.4, 0.5) is 5.82 Å². The summed E-state index contributed by atoms with van der Waals surface area (Å²) in [7, 11) is 0. The Kier molecular flexibility index (Phi) is 7.19. The van der Waals surface area contributed by atoms with Crippen molar-refractivity contribution in [1.82, 2.24) is 14.9 Å². The molecule has 2 atom stereocenters. The number of anilines is 1. The molecule has 8 nitrogen and oxygen atoms in total. The molecule has 0 saturated carbocycles. The molecule has 1 aliphatic heterocycles. The largest absolute Gasteiger partial charge is 0.451 e. The van der Waals surface area contributed by atoms with E-state index in [4.69, 9.17) is 4.74 Å². The summed E-state index contributed by atoms with van der Waals surface area (Å²) in [5, 5.41) is 5.82. The summed E-state index contributed by atoms with van der Waals surface area (Å²) in [6, 6.07) is 28.6. The molecular weight excluding hydrogens is 468 g/mol. The van der Waals surface area contributed by atoms with Crippen molar-refractivity contribution in [2.24, 2.45) is 0 Å². The fourth-order valence-corrected chi connectivity index (χ4v) is 4.43. The monoisotopic (exact) mass is 494 g/mol. The Bertz CT molecular complexity index is 1390. The highest BCUT2D eigenvalue weighted by Crippen LogP contribution is 2.28. The summed E-state index contributed by atoms with van der Waals surface area (Å²) in [6.07, 6.45) is 1.44. The standard InChI is InChI=1S/C29H26N4O4/c34-27(22-14-8-3-9-15-22)31-25-16-17-33(29(36)32-25)23-18-24(30-19-23)28(35)37-26(20-10-4-1-5-11-20)21-12-6-2-7-13-21/h1-17,23-24,26,30H,18-19H2,(H,31,32,34,36)/t23-,24-/m1/s1. The van der Waals surface area contributed by atoms with Crippen LogP contribution in [0.15, 0.2) is 108 Å². The van der Waals surface area contributed by atoms with Crippen LogP contribution in [0.1, 0.15) is 40.1 Å². The molecule has 37 heavy (non-hydrogen) atoms. The van der Waals surface area contributed by atoms with Crippen LogP contribution in [0.25, 0.3) is 0 Å². The van der Waals surface area contributed by atoms with Gasteiger partial charge in [0.1, 0.15) is 11.9 Å². The SMILES string of the molecule is O=C(Nc1ccn([C@H]2CN[C@@H](C(=O)OC(c3ccccc3)c3ccccc3)C2)c(=O)n1)c1ccccc1. The zero-order valence-corrected chi connectivity index (χ0v) is 20.0. The Hall–Kier alpha value is -4.56. The topological polar surface area (TPSA) is 102 Å². The summed E-state index contributed by atoms with van der Waals surface area (Å²) in [6.45, 7) is 0.415. The molecule has 186 valence electrons. The van der Waals surface area contributed by atoms with Crippen LogP contribution in [0.5, 0.6) is 0 Å². The third kappa shape index (κ3) is 5.65. The first kappa shape index (κ1) is 24.1. The third-order valence-electron chi connectivity index (χ3n) is 6.33. The van der Waals surface area contributed by atoms with Crippen LogP contribution < -0.4 is 16.3 Å². The first-order valence-corrected chi connectivity index (χ1v) is 12.1. The van der Waals surface area contributed by atoms with E-state index in [1.807, 2.05) is 66.7 Å². The molecule has 5 rings (SSSR count). The average molecular weight is 495 g/mol. The summed E-state index contributed by atoms with van der Waals surface area (Å²) < 4.78 is 7.45. The molecule has 0 radical (unpaired) electrons. The van der Waals surface area contributed by atoms with Crippen LogP contribution in [0.3, 0.4) is 0 Å². The van der Waals surface area contributed by atoms with Crippen LogP contribution >= 0.6 is 0 Å². The number of benzene rings is 3. The zero-order valence-electron chi connectivity index (χ0n) is 20.0. The maximum absolute atomic E-state index is 13.1. The van der Waals surface area contributed by atoms with Crippen LogP contribution in [-0.4, -0.2) is 34.0 Å². The Morgan fingerprint density at radius 1 is 0.892 bits per heavy atom. The van der Waals surface area contributed by atoms with E-state index in [1.54, 1.807) is 36.5 Å². The maximum Gasteiger partial charge on any atom is 0.349 e. The third-order valence-corrected chi connectivity index (χ3v) is 6.33. The number of nitrogens with one attached hydrogen (secondary N) is 2. The zero-order chi connectivity index (χ0) is 25.6. The molecule has 1 saturated heterocycles. The van der Waals surface area contributed by atoms with Crippen molar-refractivity contribution in [3.05, 3.63) is 130 Å². The number of aromatic nitrogens is 2. The lowest BCUT2D eigenvalue weighted by Gasteiger charge is -2.21. The molecular formula is C29H26N4O4. The first-order valence-electron chi connectivity index (χ1n) is 12.1. The number of ether oxygens (including phenoxy) is 1. The van der Waals surface area contributed by atoms with Gasteiger partial charge in [-0.15, -0.1) is 0 Å². The van der Waals surface area contributed by atoms with Crippen LogP contribution in [0, 0.1) is 0 Å². The summed E-state index contributed by atoms with van der Waals surface area (Å²) in [5.74, 6) is -0.555. The lowest BCUT2D eigenvalue weighted by Crippen LogP contribution is -2.33. The molecule has 0 spiro atoms. The van der Waals surface area contributed by atoms with Gasteiger partial charge in [0.15, 0.2) is 6.10 Å². The Labute approximate surface area is 213 Å². The van der Waals surface area contributed by atoms with Gasteiger partial charge in [-0.05, 0) is 35.7 Å². The van der Waals surface area contributed by atoms with Gasteiger partial charge in [0.05, 0.1) is 6.04 Å². The van der Waals surface area contributed by atoms with Crippen molar-refractivity contribution in [3.63, 3.8) is 0 Å². The highest BCUT2D eigenvalue weighted by molar-refractivity contribution is 6.03. The van der Waals surface area contributed by atoms with Gasteiger partial charge in [-0.2, -0.15) is 4.98 Å². The summed E-state index contributed by atoms with van der Waals surface area (Å²) in [5.41, 5.74) is 1.73. The number of hydrogen-bond donors (Lipinski definition) is 2. The Balaban J connectivity index is 1.25. The number of carbonyl (C=O) groups excluding carboxylic acids is 2. The number of hydrogen-bond acceptors (Lipinski definition) is 6.